The van der Waals surface area contributed by atoms with Gasteiger partial charge in [0.15, 0.2) is 17.6 Å². The molecule has 1 aliphatic heterocycles. The minimum absolute atomic E-state index is 0.0877. The SMILES string of the molecule is CCC(Oc1ccc(Cl)cc1Cl)C(=O)N(C)CC1C=C2OCOC2=CC1. The largest absolute Gasteiger partial charge is 0.479 e. The first-order chi connectivity index (χ1) is 12.5. The van der Waals surface area contributed by atoms with Gasteiger partial charge in [-0.05, 0) is 43.2 Å². The molecule has 1 aromatic carbocycles. The van der Waals surface area contributed by atoms with Gasteiger partial charge in [-0.3, -0.25) is 4.79 Å². The van der Waals surface area contributed by atoms with Crippen LogP contribution in [-0.4, -0.2) is 37.3 Å². The number of halogens is 2. The molecule has 0 saturated carbocycles. The summed E-state index contributed by atoms with van der Waals surface area (Å²) in [7, 11) is 1.78. The van der Waals surface area contributed by atoms with E-state index in [9.17, 15) is 4.79 Å². The summed E-state index contributed by atoms with van der Waals surface area (Å²) in [5.41, 5.74) is 0. The molecule has 2 unspecified atom stereocenters. The number of hydrogen-bond donors (Lipinski definition) is 0. The van der Waals surface area contributed by atoms with E-state index in [1.54, 1.807) is 30.1 Å². The highest BCUT2D eigenvalue weighted by molar-refractivity contribution is 6.35. The molecule has 1 fully saturated rings. The predicted molar refractivity (Wildman–Crippen MR) is 100 cm³/mol. The van der Waals surface area contributed by atoms with Crippen LogP contribution in [0.4, 0.5) is 0 Å². The van der Waals surface area contributed by atoms with E-state index in [1.807, 2.05) is 19.1 Å². The standard InChI is InChI=1S/C19H21Cl2NO4/c1-3-15(26-16-7-5-13(20)9-14(16)21)19(23)22(2)10-12-4-6-17-18(8-12)25-11-24-17/h5-9,12,15H,3-4,10-11H2,1-2H3. The van der Waals surface area contributed by atoms with Crippen molar-refractivity contribution in [3.05, 3.63) is 51.9 Å². The maximum Gasteiger partial charge on any atom is 0.263 e. The monoisotopic (exact) mass is 397 g/mol. The fourth-order valence-corrected chi connectivity index (χ4v) is 3.43. The van der Waals surface area contributed by atoms with Crippen molar-refractivity contribution in [1.82, 2.24) is 4.90 Å². The molecule has 1 heterocycles. The van der Waals surface area contributed by atoms with Gasteiger partial charge in [-0.2, -0.15) is 0 Å². The zero-order valence-electron chi connectivity index (χ0n) is 14.7. The summed E-state index contributed by atoms with van der Waals surface area (Å²) >= 11 is 12.1. The van der Waals surface area contributed by atoms with Gasteiger partial charge in [0.1, 0.15) is 5.75 Å². The van der Waals surface area contributed by atoms with Gasteiger partial charge in [0.25, 0.3) is 5.91 Å². The summed E-state index contributed by atoms with van der Waals surface area (Å²) in [5.74, 6) is 2.10. The Morgan fingerprint density at radius 2 is 2.12 bits per heavy atom. The van der Waals surface area contributed by atoms with Crippen LogP contribution >= 0.6 is 23.2 Å². The Hall–Kier alpha value is -1.85. The molecule has 26 heavy (non-hydrogen) atoms. The second-order valence-corrected chi connectivity index (χ2v) is 7.15. The topological polar surface area (TPSA) is 48.0 Å². The lowest BCUT2D eigenvalue weighted by Crippen LogP contribution is -2.41. The van der Waals surface area contributed by atoms with Gasteiger partial charge < -0.3 is 19.1 Å². The average Bonchev–Trinajstić information content (AvgIpc) is 3.08. The fourth-order valence-electron chi connectivity index (χ4n) is 2.98. The van der Waals surface area contributed by atoms with Crippen molar-refractivity contribution in [2.24, 2.45) is 5.92 Å². The molecule has 2 atom stereocenters. The number of allylic oxidation sites excluding steroid dienone is 1. The number of carbonyl (C=O) groups is 1. The molecular formula is C19H21Cl2NO4. The van der Waals surface area contributed by atoms with E-state index >= 15 is 0 Å². The van der Waals surface area contributed by atoms with Crippen LogP contribution in [0.1, 0.15) is 19.8 Å². The van der Waals surface area contributed by atoms with Gasteiger partial charge in [-0.15, -0.1) is 0 Å². The highest BCUT2D eigenvalue weighted by atomic mass is 35.5. The Bertz CT molecular complexity index is 747. The van der Waals surface area contributed by atoms with Crippen LogP contribution < -0.4 is 4.74 Å². The number of carbonyl (C=O) groups excluding carboxylic acids is 1. The lowest BCUT2D eigenvalue weighted by atomic mass is 9.98. The second-order valence-electron chi connectivity index (χ2n) is 6.31. The molecule has 7 heteroatoms. The number of rotatable bonds is 6. The molecule has 1 aliphatic carbocycles. The lowest BCUT2D eigenvalue weighted by molar-refractivity contribution is -0.137. The number of ether oxygens (including phenoxy) is 3. The molecular weight excluding hydrogens is 377 g/mol. The molecule has 0 aromatic heterocycles. The molecule has 3 rings (SSSR count). The van der Waals surface area contributed by atoms with Crippen LogP contribution in [-0.2, 0) is 14.3 Å². The lowest BCUT2D eigenvalue weighted by Gasteiger charge is -2.27. The number of benzene rings is 1. The van der Waals surface area contributed by atoms with E-state index in [1.165, 1.54) is 0 Å². The third kappa shape index (κ3) is 4.27. The number of fused-ring (bicyclic) bond motifs is 1. The Balaban J connectivity index is 1.62. The summed E-state index contributed by atoms with van der Waals surface area (Å²) < 4.78 is 16.6. The maximum atomic E-state index is 12.8. The zero-order chi connectivity index (χ0) is 18.7. The third-order valence-corrected chi connectivity index (χ3v) is 4.89. The van der Waals surface area contributed by atoms with Crippen molar-refractivity contribution in [3.63, 3.8) is 0 Å². The van der Waals surface area contributed by atoms with Crippen LogP contribution in [0.5, 0.6) is 5.75 Å². The number of hydrogen-bond acceptors (Lipinski definition) is 4. The minimum atomic E-state index is -0.605. The molecule has 2 aliphatic rings. The molecule has 0 bridgehead atoms. The van der Waals surface area contributed by atoms with Crippen molar-refractivity contribution in [3.8, 4) is 5.75 Å². The molecule has 5 nitrogen and oxygen atoms in total. The number of nitrogens with zero attached hydrogens (tertiary/aromatic N) is 1. The van der Waals surface area contributed by atoms with Crippen LogP contribution in [0, 0.1) is 5.92 Å². The summed E-state index contributed by atoms with van der Waals surface area (Å²) in [6.07, 6.45) is 4.76. The van der Waals surface area contributed by atoms with Crippen molar-refractivity contribution < 1.29 is 19.0 Å². The van der Waals surface area contributed by atoms with Gasteiger partial charge in [0, 0.05) is 24.5 Å². The third-order valence-electron chi connectivity index (χ3n) is 4.36. The first kappa shape index (κ1) is 18.9. The Kier molecular flexibility index (Phi) is 5.99. The van der Waals surface area contributed by atoms with E-state index in [-0.39, 0.29) is 18.6 Å². The molecule has 1 amide bonds. The van der Waals surface area contributed by atoms with Gasteiger partial charge >= 0.3 is 0 Å². The molecule has 140 valence electrons. The van der Waals surface area contributed by atoms with Crippen LogP contribution in [0.15, 0.2) is 41.9 Å². The molecule has 1 aromatic rings. The van der Waals surface area contributed by atoms with Crippen molar-refractivity contribution >= 4 is 29.1 Å². The number of likely N-dealkylation sites (N-methyl/N-ethyl adjacent to an activating group) is 1. The fraction of sp³-hybridized carbons (Fsp3) is 0.421. The van der Waals surface area contributed by atoms with Crippen molar-refractivity contribution in [1.29, 1.82) is 0 Å². The second kappa shape index (κ2) is 8.23. The van der Waals surface area contributed by atoms with E-state index in [0.717, 1.165) is 17.9 Å². The highest BCUT2D eigenvalue weighted by Crippen LogP contribution is 2.31. The normalized spacial score (nSPS) is 19.5. The van der Waals surface area contributed by atoms with E-state index in [2.05, 4.69) is 0 Å². The Morgan fingerprint density at radius 3 is 2.85 bits per heavy atom. The molecule has 0 radical (unpaired) electrons. The van der Waals surface area contributed by atoms with Crippen molar-refractivity contribution in [2.45, 2.75) is 25.9 Å². The van der Waals surface area contributed by atoms with Gasteiger partial charge in [0.05, 0.1) is 5.02 Å². The maximum absolute atomic E-state index is 12.8. The first-order valence-electron chi connectivity index (χ1n) is 8.52. The zero-order valence-corrected chi connectivity index (χ0v) is 16.2. The molecule has 1 saturated heterocycles. The summed E-state index contributed by atoms with van der Waals surface area (Å²) in [6.45, 7) is 2.73. The summed E-state index contributed by atoms with van der Waals surface area (Å²) in [4.78, 5) is 14.5. The van der Waals surface area contributed by atoms with E-state index in [0.29, 0.717) is 28.8 Å². The molecule has 0 N–H and O–H groups in total. The predicted octanol–water partition coefficient (Wildman–Crippen LogP) is 4.40. The minimum Gasteiger partial charge on any atom is -0.479 e. The average molecular weight is 398 g/mol. The highest BCUT2D eigenvalue weighted by Gasteiger charge is 2.27. The quantitative estimate of drug-likeness (QED) is 0.713. The number of amides is 1. The van der Waals surface area contributed by atoms with Crippen LogP contribution in [0.2, 0.25) is 10.0 Å². The van der Waals surface area contributed by atoms with Crippen LogP contribution in [0.3, 0.4) is 0 Å². The summed E-state index contributed by atoms with van der Waals surface area (Å²) in [6, 6.07) is 4.96. The molecule has 0 spiro atoms. The van der Waals surface area contributed by atoms with E-state index in [4.69, 9.17) is 37.4 Å². The van der Waals surface area contributed by atoms with Crippen molar-refractivity contribution in [2.75, 3.05) is 20.4 Å². The van der Waals surface area contributed by atoms with Gasteiger partial charge in [0.2, 0.25) is 6.79 Å². The first-order valence-corrected chi connectivity index (χ1v) is 9.28. The van der Waals surface area contributed by atoms with Gasteiger partial charge in [-0.1, -0.05) is 30.1 Å². The Labute approximate surface area is 163 Å². The summed E-state index contributed by atoms with van der Waals surface area (Å²) in [5, 5.41) is 0.911. The Morgan fingerprint density at radius 1 is 1.35 bits per heavy atom. The van der Waals surface area contributed by atoms with Crippen LogP contribution in [0.25, 0.3) is 0 Å². The smallest absolute Gasteiger partial charge is 0.263 e. The van der Waals surface area contributed by atoms with Gasteiger partial charge in [-0.25, -0.2) is 0 Å². The van der Waals surface area contributed by atoms with E-state index < -0.39 is 6.10 Å².